The number of halogens is 20. The average molecular weight is 1780 g/mol. The van der Waals surface area contributed by atoms with Crippen LogP contribution in [0.4, 0.5) is 62.8 Å². The molecule has 6 aromatic carbocycles. The van der Waals surface area contributed by atoms with E-state index in [9.17, 15) is 85.8 Å². The Balaban J connectivity index is 0.000000184. The summed E-state index contributed by atoms with van der Waals surface area (Å²) < 4.78 is 183. The molecule has 4 saturated heterocycles. The molecule has 12 rings (SSSR count). The van der Waals surface area contributed by atoms with Crippen molar-refractivity contribution in [2.75, 3.05) is 77.6 Å². The number of hydrogen-bond acceptors (Lipinski definition) is 14. The second kappa shape index (κ2) is 35.5. The zero-order chi connectivity index (χ0) is 85.5. The number of carbonyl (C=O) groups excluding carboxylic acids is 6. The average Bonchev–Trinajstić information content (AvgIpc) is 1.56. The lowest BCUT2D eigenvalue weighted by Crippen LogP contribution is -2.45. The molecule has 626 valence electrons. The molecule has 38 heteroatoms. The minimum absolute atomic E-state index is 0.00755. The first-order chi connectivity index (χ1) is 54.0. The molecule has 4 fully saturated rings. The Morgan fingerprint density at radius 3 is 1.35 bits per heavy atom. The van der Waals surface area contributed by atoms with Gasteiger partial charge in [0.25, 0.3) is 35.5 Å². The van der Waals surface area contributed by atoms with Crippen LogP contribution in [0.25, 0.3) is 0 Å². The first kappa shape index (κ1) is 90.9. The van der Waals surface area contributed by atoms with Gasteiger partial charge in [-0.15, -0.1) is 0 Å². The molecule has 0 radical (unpaired) electrons. The number of Topliss-reactive ketones (excluding diaryl/α,β-unsaturated/α-hetero) is 2. The molecule has 0 aromatic heterocycles. The maximum Gasteiger partial charge on any atom is 0.400 e. The Morgan fingerprint density at radius 2 is 0.940 bits per heavy atom. The van der Waals surface area contributed by atoms with Gasteiger partial charge in [-0.05, 0) is 164 Å². The van der Waals surface area contributed by atoms with Crippen molar-refractivity contribution < 1.29 is 105 Å². The third-order valence-corrected chi connectivity index (χ3v) is 22.7. The first-order valence-corrected chi connectivity index (χ1v) is 38.3. The maximum atomic E-state index is 14.4. The Kier molecular flexibility index (Phi) is 27.8. The van der Waals surface area contributed by atoms with E-state index >= 15 is 0 Å². The second-order valence-corrected chi connectivity index (χ2v) is 32.4. The number of ketones is 2. The Bertz CT molecular complexity index is 4790. The predicted octanol–water partition coefficient (Wildman–Crippen LogP) is 18.3. The van der Waals surface area contributed by atoms with Gasteiger partial charge in [0.2, 0.25) is 0 Å². The molecule has 116 heavy (non-hydrogen) atoms. The van der Waals surface area contributed by atoms with Gasteiger partial charge in [0.05, 0.1) is 66.9 Å². The maximum absolute atomic E-state index is 14.4. The molecule has 6 aliphatic heterocycles. The minimum Gasteiger partial charge on any atom is -0.370 e. The summed E-state index contributed by atoms with van der Waals surface area (Å²) in [6, 6.07) is 22.9. The highest BCUT2D eigenvalue weighted by Gasteiger charge is 2.62. The van der Waals surface area contributed by atoms with Crippen LogP contribution in [0, 0.1) is 32.6 Å². The summed E-state index contributed by atoms with van der Waals surface area (Å²) in [5.74, 6) is -11.2. The van der Waals surface area contributed by atoms with Crippen LogP contribution in [0.2, 0.25) is 35.2 Å². The van der Waals surface area contributed by atoms with Gasteiger partial charge in [0.15, 0.2) is 11.6 Å². The van der Waals surface area contributed by atoms with Gasteiger partial charge in [-0.3, -0.25) is 53.3 Å². The van der Waals surface area contributed by atoms with Gasteiger partial charge < -0.3 is 15.1 Å². The van der Waals surface area contributed by atoms with Gasteiger partial charge in [-0.1, -0.05) is 99.4 Å². The van der Waals surface area contributed by atoms with E-state index in [0.717, 1.165) is 17.2 Å². The molecule has 6 aromatic rings. The van der Waals surface area contributed by atoms with Crippen molar-refractivity contribution in [2.24, 2.45) is 21.8 Å². The fourth-order valence-corrected chi connectivity index (χ4v) is 16.1. The smallest absolute Gasteiger partial charge is 0.370 e. The van der Waals surface area contributed by atoms with Crippen molar-refractivity contribution >= 4 is 134 Å². The van der Waals surface area contributed by atoms with E-state index in [4.69, 9.17) is 101 Å². The zero-order valence-corrected chi connectivity index (χ0v) is 67.8. The van der Waals surface area contributed by atoms with Crippen molar-refractivity contribution in [3.8, 4) is 0 Å². The largest absolute Gasteiger partial charge is 0.400 e. The molecular weight excluding hydrogens is 1700 g/mol. The highest BCUT2D eigenvalue weighted by Crippen LogP contribution is 2.53. The lowest BCUT2D eigenvalue weighted by atomic mass is 9.76. The summed E-state index contributed by atoms with van der Waals surface area (Å²) in [6.07, 6.45) is -15.4. The van der Waals surface area contributed by atoms with Crippen LogP contribution < -0.4 is 15.7 Å². The minimum atomic E-state index is -4.69. The van der Waals surface area contributed by atoms with Crippen LogP contribution in [-0.2, 0) is 50.0 Å². The third kappa shape index (κ3) is 20.4. The summed E-state index contributed by atoms with van der Waals surface area (Å²) in [7, 11) is 1.46. The molecule has 0 saturated carbocycles. The number of nitrogens with zero attached hydrogens (tertiary/aromatic N) is 6. The van der Waals surface area contributed by atoms with Gasteiger partial charge >= 0.3 is 18.5 Å². The number of hydroxylamine groups is 7. The summed E-state index contributed by atoms with van der Waals surface area (Å²) in [5, 5.41) is 5.18. The normalized spacial score (nSPS) is 22.2. The fourth-order valence-electron chi connectivity index (χ4n) is 14.5. The Labute approximate surface area is 691 Å². The molecule has 6 aliphatic rings. The number of nitrogens with one attached hydrogen (secondary N) is 2. The van der Waals surface area contributed by atoms with E-state index in [1.54, 1.807) is 62.9 Å². The highest BCUT2D eigenvalue weighted by molar-refractivity contribution is 6.48. The van der Waals surface area contributed by atoms with Gasteiger partial charge in [-0.25, -0.2) is 32.8 Å². The topological polar surface area (TPSA) is 201 Å². The molecule has 0 spiro atoms. The number of aryl methyl sites for hydroxylation is 3. The number of aliphatic imine (C=N–C) groups is 2. The molecular formula is C78H74Cl7F13N8O10. The van der Waals surface area contributed by atoms with Crippen LogP contribution in [0.1, 0.15) is 128 Å². The molecule has 0 aliphatic carbocycles. The molecule has 4 amide bonds. The number of hydrogen-bond donors (Lipinski definition) is 2. The predicted molar refractivity (Wildman–Crippen MR) is 410 cm³/mol. The van der Waals surface area contributed by atoms with E-state index in [1.807, 2.05) is 0 Å². The lowest BCUT2D eigenvalue weighted by molar-refractivity contribution is -0.184. The summed E-state index contributed by atoms with van der Waals surface area (Å²) in [4.78, 5) is 106. The van der Waals surface area contributed by atoms with Crippen LogP contribution in [0.15, 0.2) is 113 Å². The molecule has 0 bridgehead atoms. The second-order valence-electron chi connectivity index (χ2n) is 29.5. The molecule has 7 atom stereocenters. The van der Waals surface area contributed by atoms with E-state index < -0.39 is 133 Å². The molecule has 6 heterocycles. The highest BCUT2D eigenvalue weighted by atomic mass is 35.5. The number of carbonyl (C=O) groups is 6. The lowest BCUT2D eigenvalue weighted by Gasteiger charge is -2.33. The van der Waals surface area contributed by atoms with Crippen molar-refractivity contribution in [3.63, 3.8) is 0 Å². The van der Waals surface area contributed by atoms with Crippen molar-refractivity contribution in [3.05, 3.63) is 199 Å². The number of anilines is 1. The molecule has 4 unspecified atom stereocenters. The molecule has 2 N–H and O–H groups in total. The Hall–Kier alpha value is -7.40. The van der Waals surface area contributed by atoms with Crippen molar-refractivity contribution in [1.82, 2.24) is 26.0 Å². The van der Waals surface area contributed by atoms with E-state index in [-0.39, 0.29) is 145 Å². The van der Waals surface area contributed by atoms with Crippen LogP contribution >= 0.6 is 81.2 Å². The van der Waals surface area contributed by atoms with Crippen LogP contribution in [0.3, 0.4) is 0 Å². The standard InChI is InChI=1S/C26H22Cl3F5N2O3.C26H25Cl2F5N2O3.C26H27Cl2F3N4O4/c1-13-5-14(3-4-17(13)21(37)6-15-10-39-36(23(15)38)12-24(2,30)31)20-9-25(11-35-20,26(32,33)34)16-7-18(27)22(29)19(28)8-16;1-15-7-20(3-4-21(15)22(36)8-16-12-38-35(23(16)37)13-24(2,29)30)34-6-5-25(14-34,26(31,32)33)17-9-18(27)11-19(28)10-17;1-14-6-16(21-10-25(13-32-21,26(29,30)31)17-7-18(27)9-19(28)8-17)4-5-20(14)23(36)33-22-12-39-35(24(22)37)11-15(2)34-38-3/h3-5,7-8,15H,6,9-12H2,1-2H3;3-4,7,9-11,16H,5-6,8,12-14H2,1-2H3;4-9,15,22,34H,10-13H2,1-3H3,(H,33,36)/t15-,25?;16-,25?;15?,22-,25?/m111/s1. The monoisotopic (exact) mass is 1770 g/mol. The SMILES string of the molecule is CONC(C)CN1OC[C@@H](NC(=O)c2ccc(C3=NCC(c4cc(Cl)cc(Cl)c4)(C(F)(F)F)C3)cc2C)C1=O.Cc1cc(C2=NCC(c3cc(Cl)c(Cl)c(Cl)c3)(C(F)(F)F)C2)ccc1C(=O)C[C@@H]1CON(CC(C)(F)F)C1=O.Cc1cc(N2CCC(c3cc(Cl)cc(Cl)c3)(C(F)(F)F)C2)ccc1C(=O)C[C@@H]1CON(CC(C)(F)F)C1=O. The van der Waals surface area contributed by atoms with Crippen LogP contribution in [-0.4, -0.2) is 177 Å². The summed E-state index contributed by atoms with van der Waals surface area (Å²) in [5.41, 5.74) is -0.189. The van der Waals surface area contributed by atoms with Crippen molar-refractivity contribution in [1.29, 1.82) is 0 Å². The zero-order valence-electron chi connectivity index (χ0n) is 62.6. The summed E-state index contributed by atoms with van der Waals surface area (Å²) >= 11 is 42.0. The van der Waals surface area contributed by atoms with Crippen LogP contribution in [0.5, 0.6) is 0 Å². The number of amides is 4. The fraction of sp³-hybridized carbons (Fsp3) is 0.436. The van der Waals surface area contributed by atoms with E-state index in [0.29, 0.717) is 63.0 Å². The van der Waals surface area contributed by atoms with E-state index in [2.05, 4.69) is 20.8 Å². The number of benzene rings is 6. The molecule has 18 nitrogen and oxygen atoms in total. The number of rotatable bonds is 22. The van der Waals surface area contributed by atoms with Gasteiger partial charge in [0, 0.05) is 113 Å². The summed E-state index contributed by atoms with van der Waals surface area (Å²) in [6.45, 7) is 4.70. The quantitative estimate of drug-likeness (QED) is 0.0282. The Morgan fingerprint density at radius 1 is 0.534 bits per heavy atom. The third-order valence-electron chi connectivity index (χ3n) is 20.6. The van der Waals surface area contributed by atoms with Gasteiger partial charge in [0.1, 0.15) is 42.0 Å². The number of alkyl halides is 13. The van der Waals surface area contributed by atoms with E-state index in [1.165, 1.54) is 67.8 Å². The van der Waals surface area contributed by atoms with Crippen molar-refractivity contribution in [2.45, 2.75) is 132 Å². The first-order valence-electron chi connectivity index (χ1n) is 35.6. The van der Waals surface area contributed by atoms with Gasteiger partial charge in [-0.2, -0.15) is 45.0 Å².